The highest BCUT2D eigenvalue weighted by Crippen LogP contribution is 2.31. The monoisotopic (exact) mass is 209 g/mol. The number of nitrogens with one attached hydrogen (secondary N) is 1. The summed E-state index contributed by atoms with van der Waals surface area (Å²) in [6, 6.07) is 8.26. The third kappa shape index (κ3) is 3.70. The first kappa shape index (κ1) is 10.4. The molecule has 0 atom stereocenters. The summed E-state index contributed by atoms with van der Waals surface area (Å²) in [4.78, 5) is 1.17. The summed E-state index contributed by atoms with van der Waals surface area (Å²) in [6.45, 7) is 5.59. The topological polar surface area (TPSA) is 23.9 Å². The van der Waals surface area contributed by atoms with Crippen LogP contribution in [-0.4, -0.2) is 5.04 Å². The van der Waals surface area contributed by atoms with E-state index < -0.39 is 0 Å². The van der Waals surface area contributed by atoms with Crippen molar-refractivity contribution in [2.24, 2.45) is 0 Å². The lowest BCUT2D eigenvalue weighted by Crippen LogP contribution is -1.77. The number of hydrogen-bond acceptors (Lipinski definition) is 3. The Morgan fingerprint density at radius 3 is 2.54 bits per heavy atom. The summed E-state index contributed by atoms with van der Waals surface area (Å²) in [5.41, 5.74) is 1.26. The van der Waals surface area contributed by atoms with Crippen molar-refractivity contribution in [3.05, 3.63) is 42.5 Å². The molecule has 1 aromatic carbocycles. The molecule has 0 amide bonds. The van der Waals surface area contributed by atoms with Gasteiger partial charge in [0.25, 0.3) is 0 Å². The molecule has 0 saturated heterocycles. The maximum atomic E-state index is 7.35. The minimum atomic E-state index is 0.491. The van der Waals surface area contributed by atoms with Gasteiger partial charge in [-0.15, -0.1) is 0 Å². The van der Waals surface area contributed by atoms with Gasteiger partial charge < -0.3 is 0 Å². The molecule has 0 aliphatic heterocycles. The Kier molecular flexibility index (Phi) is 4.12. The average Bonchev–Trinajstić information content (AvgIpc) is 2.16. The Morgan fingerprint density at radius 2 is 2.00 bits per heavy atom. The third-order valence-electron chi connectivity index (χ3n) is 1.43. The van der Waals surface area contributed by atoms with E-state index in [4.69, 9.17) is 5.41 Å². The molecule has 0 bridgehead atoms. The van der Waals surface area contributed by atoms with E-state index in [1.165, 1.54) is 21.3 Å². The standard InChI is InChI=1S/C10H11NS2/c1-3-10(11)13-12-9-6-4-8(2)5-7-9/h3-7,11H,1H2,2H3. The molecule has 3 heteroatoms. The summed E-state index contributed by atoms with van der Waals surface area (Å²) < 4.78 is 0. The first-order valence-corrected chi connectivity index (χ1v) is 5.99. The van der Waals surface area contributed by atoms with Crippen LogP contribution < -0.4 is 0 Å². The van der Waals surface area contributed by atoms with Crippen LogP contribution in [0.25, 0.3) is 0 Å². The second-order valence-electron chi connectivity index (χ2n) is 2.55. The highest BCUT2D eigenvalue weighted by Gasteiger charge is 1.95. The van der Waals surface area contributed by atoms with Crippen LogP contribution in [0.5, 0.6) is 0 Å². The van der Waals surface area contributed by atoms with E-state index >= 15 is 0 Å². The lowest BCUT2D eigenvalue weighted by atomic mass is 10.2. The largest absolute Gasteiger partial charge is 0.293 e. The zero-order valence-electron chi connectivity index (χ0n) is 7.41. The first-order chi connectivity index (χ1) is 6.22. The van der Waals surface area contributed by atoms with Crippen molar-refractivity contribution in [3.8, 4) is 0 Å². The Hall–Kier alpha value is -0.670. The second kappa shape index (κ2) is 5.14. The van der Waals surface area contributed by atoms with Gasteiger partial charge in [0, 0.05) is 4.90 Å². The Morgan fingerprint density at radius 1 is 1.38 bits per heavy atom. The molecule has 0 saturated carbocycles. The predicted molar refractivity (Wildman–Crippen MR) is 62.6 cm³/mol. The fraction of sp³-hybridized carbons (Fsp3) is 0.100. The zero-order valence-corrected chi connectivity index (χ0v) is 9.04. The summed E-state index contributed by atoms with van der Waals surface area (Å²) in [5, 5.41) is 7.84. The molecule has 0 unspecified atom stereocenters. The molecular weight excluding hydrogens is 198 g/mol. The average molecular weight is 209 g/mol. The van der Waals surface area contributed by atoms with Crippen molar-refractivity contribution in [2.75, 3.05) is 0 Å². The van der Waals surface area contributed by atoms with E-state index in [9.17, 15) is 0 Å². The smallest absolute Gasteiger partial charge is 0.0973 e. The lowest BCUT2D eigenvalue weighted by molar-refractivity contribution is 1.38. The van der Waals surface area contributed by atoms with Crippen LogP contribution in [0.1, 0.15) is 5.56 Å². The number of rotatable bonds is 3. The number of benzene rings is 1. The molecule has 0 aliphatic rings. The van der Waals surface area contributed by atoms with Crippen LogP contribution in [0.4, 0.5) is 0 Å². The maximum Gasteiger partial charge on any atom is 0.0973 e. The van der Waals surface area contributed by atoms with Crippen LogP contribution in [0.2, 0.25) is 0 Å². The summed E-state index contributed by atoms with van der Waals surface area (Å²) in [5.74, 6) is 0. The molecule has 68 valence electrons. The SMILES string of the molecule is C=CC(=N)SSc1ccc(C)cc1. The molecule has 1 aromatic rings. The third-order valence-corrected chi connectivity index (χ3v) is 3.69. The molecule has 0 radical (unpaired) electrons. The molecule has 0 fully saturated rings. The Bertz CT molecular complexity index is 303. The van der Waals surface area contributed by atoms with Gasteiger partial charge in [0.2, 0.25) is 0 Å². The molecular formula is C10H11NS2. The number of hydrogen-bond donors (Lipinski definition) is 1. The van der Waals surface area contributed by atoms with Crippen molar-refractivity contribution in [2.45, 2.75) is 11.8 Å². The van der Waals surface area contributed by atoms with E-state index in [0.29, 0.717) is 5.04 Å². The fourth-order valence-corrected chi connectivity index (χ4v) is 2.32. The molecule has 13 heavy (non-hydrogen) atoms. The van der Waals surface area contributed by atoms with E-state index in [-0.39, 0.29) is 0 Å². The van der Waals surface area contributed by atoms with E-state index in [1.807, 2.05) is 0 Å². The highest BCUT2D eigenvalue weighted by atomic mass is 33.1. The van der Waals surface area contributed by atoms with Crippen molar-refractivity contribution in [3.63, 3.8) is 0 Å². The normalized spacial score (nSPS) is 9.62. The summed E-state index contributed by atoms with van der Waals surface area (Å²) >= 11 is 0. The predicted octanol–water partition coefficient (Wildman–Crippen LogP) is 3.90. The van der Waals surface area contributed by atoms with Gasteiger partial charge in [0.1, 0.15) is 0 Å². The van der Waals surface area contributed by atoms with Crippen molar-refractivity contribution < 1.29 is 0 Å². The van der Waals surface area contributed by atoms with Crippen molar-refractivity contribution in [1.29, 1.82) is 5.41 Å². The van der Waals surface area contributed by atoms with Crippen molar-refractivity contribution in [1.82, 2.24) is 0 Å². The highest BCUT2D eigenvalue weighted by molar-refractivity contribution is 8.82. The first-order valence-electron chi connectivity index (χ1n) is 3.84. The molecule has 0 aliphatic carbocycles. The lowest BCUT2D eigenvalue weighted by Gasteiger charge is -1.99. The molecule has 1 nitrogen and oxygen atoms in total. The van der Waals surface area contributed by atoms with E-state index in [2.05, 4.69) is 37.8 Å². The van der Waals surface area contributed by atoms with Crippen LogP contribution in [0, 0.1) is 12.3 Å². The number of aryl methyl sites for hydroxylation is 1. The Labute approximate surface area is 86.5 Å². The van der Waals surface area contributed by atoms with Gasteiger partial charge in [-0.1, -0.05) is 35.1 Å². The Balaban J connectivity index is 2.50. The quantitative estimate of drug-likeness (QED) is 0.464. The second-order valence-corrected chi connectivity index (χ2v) is 4.79. The maximum absolute atomic E-state index is 7.35. The molecule has 0 spiro atoms. The van der Waals surface area contributed by atoms with Gasteiger partial charge in [0.15, 0.2) is 0 Å². The summed E-state index contributed by atoms with van der Waals surface area (Å²) in [7, 11) is 3.00. The van der Waals surface area contributed by atoms with E-state index in [1.54, 1.807) is 16.9 Å². The van der Waals surface area contributed by atoms with Crippen LogP contribution in [0.3, 0.4) is 0 Å². The zero-order chi connectivity index (χ0) is 9.68. The van der Waals surface area contributed by atoms with Gasteiger partial charge >= 0.3 is 0 Å². The molecule has 0 aromatic heterocycles. The van der Waals surface area contributed by atoms with Crippen LogP contribution >= 0.6 is 21.6 Å². The van der Waals surface area contributed by atoms with Gasteiger partial charge in [-0.25, -0.2) is 0 Å². The molecule has 1 rings (SSSR count). The molecule has 0 heterocycles. The van der Waals surface area contributed by atoms with Gasteiger partial charge in [0.05, 0.1) is 5.04 Å². The van der Waals surface area contributed by atoms with Crippen molar-refractivity contribution >= 4 is 26.6 Å². The fourth-order valence-electron chi connectivity index (χ4n) is 0.721. The summed E-state index contributed by atoms with van der Waals surface area (Å²) in [6.07, 6.45) is 1.55. The minimum Gasteiger partial charge on any atom is -0.293 e. The van der Waals surface area contributed by atoms with Gasteiger partial charge in [-0.2, -0.15) is 0 Å². The van der Waals surface area contributed by atoms with Crippen LogP contribution in [0.15, 0.2) is 41.8 Å². The van der Waals surface area contributed by atoms with Gasteiger partial charge in [-0.3, -0.25) is 5.41 Å². The molecule has 1 N–H and O–H groups in total. The van der Waals surface area contributed by atoms with Gasteiger partial charge in [-0.05, 0) is 35.9 Å². The van der Waals surface area contributed by atoms with E-state index in [0.717, 1.165) is 0 Å². The van der Waals surface area contributed by atoms with Crippen LogP contribution in [-0.2, 0) is 0 Å². The minimum absolute atomic E-state index is 0.491.